The third kappa shape index (κ3) is 3.59. The number of aromatic nitrogens is 5. The van der Waals surface area contributed by atoms with Gasteiger partial charge in [-0.2, -0.15) is 0 Å². The second-order valence-electron chi connectivity index (χ2n) is 6.98. The smallest absolute Gasteiger partial charge is 0.196 e. The molecule has 0 unspecified atom stereocenters. The molecule has 0 aliphatic heterocycles. The van der Waals surface area contributed by atoms with Gasteiger partial charge in [0, 0.05) is 29.4 Å². The van der Waals surface area contributed by atoms with Gasteiger partial charge in [-0.25, -0.2) is 9.37 Å². The Balaban J connectivity index is 1.50. The molecule has 3 aromatic heterocycles. The number of para-hydroxylation sites is 1. The van der Waals surface area contributed by atoms with Gasteiger partial charge in [0.25, 0.3) is 0 Å². The van der Waals surface area contributed by atoms with E-state index in [0.717, 1.165) is 27.7 Å². The van der Waals surface area contributed by atoms with Crippen LogP contribution in [-0.4, -0.2) is 24.1 Å². The van der Waals surface area contributed by atoms with Gasteiger partial charge >= 0.3 is 0 Å². The van der Waals surface area contributed by atoms with Gasteiger partial charge in [-0.1, -0.05) is 36.0 Å². The number of fused-ring (bicyclic) bond motifs is 1. The SMILES string of the molecule is Cc1ccc2nc(CSc3nnc(-c4ccc(F)cc4)n3-c3ccccc3)cn2c1. The predicted octanol–water partition coefficient (Wildman–Crippen LogP) is 5.32. The van der Waals surface area contributed by atoms with Crippen molar-refractivity contribution < 1.29 is 4.39 Å². The monoisotopic (exact) mass is 415 g/mol. The van der Waals surface area contributed by atoms with Crippen molar-refractivity contribution in [3.63, 3.8) is 0 Å². The van der Waals surface area contributed by atoms with E-state index in [1.54, 1.807) is 23.9 Å². The standard InChI is InChI=1S/C23H18FN5S/c1-16-7-12-21-25-19(14-28(21)13-16)15-30-23-27-26-22(17-8-10-18(24)11-9-17)29(23)20-5-3-2-4-6-20/h2-14H,15H2,1H3. The maximum atomic E-state index is 13.4. The van der Waals surface area contributed by atoms with Gasteiger partial charge in [0.2, 0.25) is 0 Å². The molecule has 0 radical (unpaired) electrons. The quantitative estimate of drug-likeness (QED) is 0.365. The summed E-state index contributed by atoms with van der Waals surface area (Å²) in [6, 6.07) is 20.3. The Bertz CT molecular complexity index is 1310. The Labute approximate surface area is 177 Å². The summed E-state index contributed by atoms with van der Waals surface area (Å²) in [6.07, 6.45) is 4.11. The number of nitrogens with zero attached hydrogens (tertiary/aromatic N) is 5. The number of aryl methyl sites for hydroxylation is 1. The number of rotatable bonds is 5. The third-order valence-corrected chi connectivity index (χ3v) is 5.71. The highest BCUT2D eigenvalue weighted by molar-refractivity contribution is 7.98. The summed E-state index contributed by atoms with van der Waals surface area (Å²) in [5.74, 6) is 1.06. The van der Waals surface area contributed by atoms with Crippen molar-refractivity contribution in [2.24, 2.45) is 0 Å². The number of thioether (sulfide) groups is 1. The second kappa shape index (κ2) is 7.76. The van der Waals surface area contributed by atoms with Crippen LogP contribution in [0.4, 0.5) is 4.39 Å². The van der Waals surface area contributed by atoms with Gasteiger partial charge in [0.15, 0.2) is 11.0 Å². The van der Waals surface area contributed by atoms with E-state index in [1.807, 2.05) is 51.6 Å². The molecule has 0 N–H and O–H groups in total. The molecular formula is C23H18FN5S. The van der Waals surface area contributed by atoms with Crippen molar-refractivity contribution in [2.75, 3.05) is 0 Å². The summed E-state index contributed by atoms with van der Waals surface area (Å²) < 4.78 is 17.4. The first kappa shape index (κ1) is 18.6. The van der Waals surface area contributed by atoms with E-state index in [0.29, 0.717) is 11.6 Å². The molecule has 0 aliphatic rings. The molecule has 3 heterocycles. The number of hydrogen-bond acceptors (Lipinski definition) is 4. The molecule has 0 spiro atoms. The van der Waals surface area contributed by atoms with Crippen molar-refractivity contribution in [3.05, 3.63) is 96.2 Å². The predicted molar refractivity (Wildman–Crippen MR) is 116 cm³/mol. The lowest BCUT2D eigenvalue weighted by atomic mass is 10.2. The van der Waals surface area contributed by atoms with Crippen LogP contribution in [0, 0.1) is 12.7 Å². The number of halogens is 1. The van der Waals surface area contributed by atoms with Gasteiger partial charge in [-0.3, -0.25) is 4.57 Å². The van der Waals surface area contributed by atoms with Crippen LogP contribution in [0.1, 0.15) is 11.3 Å². The zero-order chi connectivity index (χ0) is 20.5. The van der Waals surface area contributed by atoms with E-state index in [2.05, 4.69) is 34.4 Å². The fourth-order valence-corrected chi connectivity index (χ4v) is 4.16. The number of pyridine rings is 1. The Morgan fingerprint density at radius 1 is 0.900 bits per heavy atom. The first-order chi connectivity index (χ1) is 14.7. The molecule has 5 aromatic rings. The molecule has 148 valence electrons. The number of benzene rings is 2. The fraction of sp³-hybridized carbons (Fsp3) is 0.0870. The van der Waals surface area contributed by atoms with Crippen LogP contribution in [-0.2, 0) is 5.75 Å². The molecule has 0 saturated carbocycles. The average Bonchev–Trinajstić information content (AvgIpc) is 3.37. The maximum absolute atomic E-state index is 13.4. The first-order valence-electron chi connectivity index (χ1n) is 9.51. The van der Waals surface area contributed by atoms with Gasteiger partial charge in [0.1, 0.15) is 11.5 Å². The van der Waals surface area contributed by atoms with Crippen LogP contribution < -0.4 is 0 Å². The highest BCUT2D eigenvalue weighted by Crippen LogP contribution is 2.29. The largest absolute Gasteiger partial charge is 0.307 e. The zero-order valence-corrected chi connectivity index (χ0v) is 17.1. The van der Waals surface area contributed by atoms with E-state index in [1.165, 1.54) is 17.7 Å². The van der Waals surface area contributed by atoms with E-state index >= 15 is 0 Å². The molecule has 5 rings (SSSR count). The molecule has 2 aromatic carbocycles. The molecule has 0 fully saturated rings. The van der Waals surface area contributed by atoms with Crippen LogP contribution in [0.5, 0.6) is 0 Å². The minimum atomic E-state index is -0.277. The highest BCUT2D eigenvalue weighted by Gasteiger charge is 2.17. The normalized spacial score (nSPS) is 11.3. The second-order valence-corrected chi connectivity index (χ2v) is 7.92. The molecule has 7 heteroatoms. The lowest BCUT2D eigenvalue weighted by Gasteiger charge is -2.10. The van der Waals surface area contributed by atoms with Crippen LogP contribution in [0.25, 0.3) is 22.7 Å². The Morgan fingerprint density at radius 3 is 2.50 bits per heavy atom. The molecular weight excluding hydrogens is 397 g/mol. The average molecular weight is 415 g/mol. The molecule has 30 heavy (non-hydrogen) atoms. The summed E-state index contributed by atoms with van der Waals surface area (Å²) >= 11 is 1.57. The first-order valence-corrected chi connectivity index (χ1v) is 10.5. The summed E-state index contributed by atoms with van der Waals surface area (Å²) in [7, 11) is 0. The van der Waals surface area contributed by atoms with Crippen LogP contribution in [0.3, 0.4) is 0 Å². The molecule has 0 amide bonds. The summed E-state index contributed by atoms with van der Waals surface area (Å²) in [5.41, 5.74) is 4.84. The summed E-state index contributed by atoms with van der Waals surface area (Å²) in [4.78, 5) is 4.69. The van der Waals surface area contributed by atoms with Crippen molar-refractivity contribution in [1.82, 2.24) is 24.1 Å². The Kier molecular flexibility index (Phi) is 4.80. The van der Waals surface area contributed by atoms with Gasteiger partial charge in [-0.05, 0) is 55.0 Å². The molecule has 0 bridgehead atoms. The number of imidazole rings is 1. The Hall–Kier alpha value is -3.45. The minimum Gasteiger partial charge on any atom is -0.307 e. The third-order valence-electron chi connectivity index (χ3n) is 4.75. The number of hydrogen-bond donors (Lipinski definition) is 0. The van der Waals surface area contributed by atoms with E-state index in [-0.39, 0.29) is 5.82 Å². The van der Waals surface area contributed by atoms with E-state index in [4.69, 9.17) is 0 Å². The van der Waals surface area contributed by atoms with Gasteiger partial charge in [-0.15, -0.1) is 10.2 Å². The van der Waals surface area contributed by atoms with Crippen LogP contribution >= 0.6 is 11.8 Å². The van der Waals surface area contributed by atoms with E-state index < -0.39 is 0 Å². The minimum absolute atomic E-state index is 0.277. The van der Waals surface area contributed by atoms with Crippen LogP contribution in [0.2, 0.25) is 0 Å². The molecule has 0 aliphatic carbocycles. The lowest BCUT2D eigenvalue weighted by molar-refractivity contribution is 0.628. The Morgan fingerprint density at radius 2 is 1.70 bits per heavy atom. The van der Waals surface area contributed by atoms with Gasteiger partial charge in [0.05, 0.1) is 5.69 Å². The molecule has 0 saturated heterocycles. The molecule has 5 nitrogen and oxygen atoms in total. The summed E-state index contributed by atoms with van der Waals surface area (Å²) in [6.45, 7) is 2.06. The summed E-state index contributed by atoms with van der Waals surface area (Å²) in [5, 5.41) is 9.58. The topological polar surface area (TPSA) is 48.0 Å². The molecule has 0 atom stereocenters. The highest BCUT2D eigenvalue weighted by atomic mass is 32.2. The van der Waals surface area contributed by atoms with Crippen LogP contribution in [0.15, 0.2) is 84.3 Å². The van der Waals surface area contributed by atoms with E-state index in [9.17, 15) is 4.39 Å². The zero-order valence-electron chi connectivity index (χ0n) is 16.2. The maximum Gasteiger partial charge on any atom is 0.196 e. The van der Waals surface area contributed by atoms with Crippen molar-refractivity contribution in [1.29, 1.82) is 0 Å². The van der Waals surface area contributed by atoms with Crippen molar-refractivity contribution in [3.8, 4) is 17.1 Å². The van der Waals surface area contributed by atoms with Crippen molar-refractivity contribution in [2.45, 2.75) is 17.8 Å². The van der Waals surface area contributed by atoms with Gasteiger partial charge < -0.3 is 4.40 Å². The lowest BCUT2D eigenvalue weighted by Crippen LogP contribution is -1.99. The fourth-order valence-electron chi connectivity index (χ4n) is 3.32. The van der Waals surface area contributed by atoms with Crippen molar-refractivity contribution >= 4 is 17.4 Å².